The third-order valence-corrected chi connectivity index (χ3v) is 3.20. The molecule has 1 saturated heterocycles. The molecule has 0 bridgehead atoms. The molecule has 1 aliphatic rings. The standard InChI is InChI=1S/C12H13ClN2O2/c13-11-4-2-1-3-10(11)12(16)15-7-5-9(14-17)6-8-15/h1-4,17H,5-8H2. The first-order valence-corrected chi connectivity index (χ1v) is 5.84. The summed E-state index contributed by atoms with van der Waals surface area (Å²) < 4.78 is 0. The molecule has 2 rings (SSSR count). The molecule has 1 fully saturated rings. The number of amides is 1. The molecule has 0 spiro atoms. The van der Waals surface area contributed by atoms with Crippen LogP contribution in [0, 0.1) is 0 Å². The van der Waals surface area contributed by atoms with E-state index in [-0.39, 0.29) is 5.91 Å². The van der Waals surface area contributed by atoms with Crippen LogP contribution in [0.2, 0.25) is 5.02 Å². The predicted octanol–water partition coefficient (Wildman–Crippen LogP) is 2.41. The number of oxime groups is 1. The summed E-state index contributed by atoms with van der Waals surface area (Å²) in [6.07, 6.45) is 1.24. The Bertz CT molecular complexity index is 450. The molecule has 1 amide bonds. The van der Waals surface area contributed by atoms with Crippen molar-refractivity contribution >= 4 is 23.2 Å². The summed E-state index contributed by atoms with van der Waals surface area (Å²) in [5, 5.41) is 12.3. The van der Waals surface area contributed by atoms with Crippen LogP contribution in [0.4, 0.5) is 0 Å². The topological polar surface area (TPSA) is 52.9 Å². The van der Waals surface area contributed by atoms with Crippen LogP contribution in [0.5, 0.6) is 0 Å². The van der Waals surface area contributed by atoms with Gasteiger partial charge in [0.25, 0.3) is 5.91 Å². The molecule has 5 heteroatoms. The molecule has 90 valence electrons. The van der Waals surface area contributed by atoms with E-state index in [0.29, 0.717) is 36.5 Å². The molecule has 0 aliphatic carbocycles. The number of hydrogen-bond donors (Lipinski definition) is 1. The van der Waals surface area contributed by atoms with Crippen LogP contribution in [-0.2, 0) is 0 Å². The summed E-state index contributed by atoms with van der Waals surface area (Å²) in [7, 11) is 0. The van der Waals surface area contributed by atoms with Gasteiger partial charge in [-0.3, -0.25) is 4.79 Å². The molecule has 1 aliphatic heterocycles. The first-order valence-electron chi connectivity index (χ1n) is 5.46. The summed E-state index contributed by atoms with van der Waals surface area (Å²) in [5.41, 5.74) is 1.27. The van der Waals surface area contributed by atoms with E-state index in [1.54, 1.807) is 29.2 Å². The van der Waals surface area contributed by atoms with Gasteiger partial charge in [0, 0.05) is 25.9 Å². The van der Waals surface area contributed by atoms with Crippen LogP contribution in [0.3, 0.4) is 0 Å². The lowest BCUT2D eigenvalue weighted by molar-refractivity contribution is 0.0754. The van der Waals surface area contributed by atoms with Crippen molar-refractivity contribution in [2.24, 2.45) is 5.16 Å². The Balaban J connectivity index is 2.10. The average molecular weight is 253 g/mol. The molecule has 0 radical (unpaired) electrons. The Morgan fingerprint density at radius 3 is 2.53 bits per heavy atom. The van der Waals surface area contributed by atoms with Crippen molar-refractivity contribution in [3.63, 3.8) is 0 Å². The fraction of sp³-hybridized carbons (Fsp3) is 0.333. The van der Waals surface area contributed by atoms with Gasteiger partial charge in [0.15, 0.2) is 0 Å². The van der Waals surface area contributed by atoms with Crippen molar-refractivity contribution in [2.75, 3.05) is 13.1 Å². The fourth-order valence-electron chi connectivity index (χ4n) is 1.87. The first kappa shape index (κ1) is 11.9. The average Bonchev–Trinajstić information content (AvgIpc) is 2.39. The van der Waals surface area contributed by atoms with Crippen LogP contribution in [0.25, 0.3) is 0 Å². The minimum Gasteiger partial charge on any atom is -0.411 e. The van der Waals surface area contributed by atoms with Gasteiger partial charge in [0.1, 0.15) is 0 Å². The van der Waals surface area contributed by atoms with Crippen molar-refractivity contribution in [1.82, 2.24) is 4.90 Å². The largest absolute Gasteiger partial charge is 0.411 e. The quantitative estimate of drug-likeness (QED) is 0.616. The van der Waals surface area contributed by atoms with Crippen molar-refractivity contribution < 1.29 is 10.0 Å². The predicted molar refractivity (Wildman–Crippen MR) is 65.8 cm³/mol. The number of likely N-dealkylation sites (tertiary alicyclic amines) is 1. The molecule has 0 saturated carbocycles. The first-order chi connectivity index (χ1) is 8.22. The maximum atomic E-state index is 12.2. The van der Waals surface area contributed by atoms with Crippen LogP contribution >= 0.6 is 11.6 Å². The molecule has 1 N–H and O–H groups in total. The lowest BCUT2D eigenvalue weighted by Crippen LogP contribution is -2.38. The van der Waals surface area contributed by atoms with Crippen LogP contribution in [0.15, 0.2) is 29.4 Å². The van der Waals surface area contributed by atoms with Gasteiger partial charge < -0.3 is 10.1 Å². The number of nitrogens with zero attached hydrogens (tertiary/aromatic N) is 2. The summed E-state index contributed by atoms with van der Waals surface area (Å²) in [5.74, 6) is -0.0624. The Morgan fingerprint density at radius 2 is 1.94 bits per heavy atom. The summed E-state index contributed by atoms with van der Waals surface area (Å²) >= 11 is 5.98. The zero-order valence-electron chi connectivity index (χ0n) is 9.27. The number of halogens is 1. The van der Waals surface area contributed by atoms with Gasteiger partial charge in [-0.25, -0.2) is 0 Å². The van der Waals surface area contributed by atoms with Crippen molar-refractivity contribution in [3.05, 3.63) is 34.9 Å². The number of carbonyl (C=O) groups excluding carboxylic acids is 1. The number of carbonyl (C=O) groups is 1. The fourth-order valence-corrected chi connectivity index (χ4v) is 2.09. The maximum Gasteiger partial charge on any atom is 0.255 e. The molecule has 4 nitrogen and oxygen atoms in total. The lowest BCUT2D eigenvalue weighted by Gasteiger charge is -2.27. The molecule has 0 atom stereocenters. The molecule has 1 aromatic rings. The Hall–Kier alpha value is -1.55. The number of rotatable bonds is 1. The number of benzene rings is 1. The summed E-state index contributed by atoms with van der Waals surface area (Å²) in [6.45, 7) is 1.15. The van der Waals surface area contributed by atoms with E-state index in [4.69, 9.17) is 16.8 Å². The SMILES string of the molecule is O=C(c1ccccc1Cl)N1CCC(=NO)CC1. The summed E-state index contributed by atoms with van der Waals surface area (Å²) in [4.78, 5) is 13.9. The monoisotopic (exact) mass is 252 g/mol. The third kappa shape index (κ3) is 2.58. The van der Waals surface area contributed by atoms with E-state index in [1.807, 2.05) is 0 Å². The molecular weight excluding hydrogens is 240 g/mol. The van der Waals surface area contributed by atoms with E-state index in [9.17, 15) is 4.79 Å². The Kier molecular flexibility index (Phi) is 3.64. The highest BCUT2D eigenvalue weighted by atomic mass is 35.5. The number of piperidine rings is 1. The molecular formula is C12H13ClN2O2. The minimum absolute atomic E-state index is 0.0624. The lowest BCUT2D eigenvalue weighted by atomic mass is 10.1. The van der Waals surface area contributed by atoms with Gasteiger partial charge >= 0.3 is 0 Å². The molecule has 17 heavy (non-hydrogen) atoms. The van der Waals surface area contributed by atoms with Gasteiger partial charge in [-0.2, -0.15) is 0 Å². The molecule has 0 aromatic heterocycles. The number of hydrogen-bond acceptors (Lipinski definition) is 3. The molecule has 1 heterocycles. The highest BCUT2D eigenvalue weighted by Gasteiger charge is 2.22. The van der Waals surface area contributed by atoms with E-state index in [2.05, 4.69) is 5.16 Å². The second kappa shape index (κ2) is 5.19. The third-order valence-electron chi connectivity index (χ3n) is 2.87. The normalized spacial score (nSPS) is 15.8. The highest BCUT2D eigenvalue weighted by molar-refractivity contribution is 6.33. The van der Waals surface area contributed by atoms with Gasteiger partial charge in [0.05, 0.1) is 16.3 Å². The van der Waals surface area contributed by atoms with Crippen LogP contribution in [0.1, 0.15) is 23.2 Å². The van der Waals surface area contributed by atoms with E-state index < -0.39 is 0 Å². The Morgan fingerprint density at radius 1 is 1.29 bits per heavy atom. The van der Waals surface area contributed by atoms with Crippen LogP contribution < -0.4 is 0 Å². The second-order valence-electron chi connectivity index (χ2n) is 3.94. The molecule has 1 aromatic carbocycles. The van der Waals surface area contributed by atoms with Crippen molar-refractivity contribution in [3.8, 4) is 0 Å². The second-order valence-corrected chi connectivity index (χ2v) is 4.35. The van der Waals surface area contributed by atoms with E-state index in [0.717, 1.165) is 5.71 Å². The van der Waals surface area contributed by atoms with Crippen molar-refractivity contribution in [1.29, 1.82) is 0 Å². The smallest absolute Gasteiger partial charge is 0.255 e. The molecule has 0 unspecified atom stereocenters. The van der Waals surface area contributed by atoms with E-state index >= 15 is 0 Å². The van der Waals surface area contributed by atoms with Gasteiger partial charge in [-0.15, -0.1) is 0 Å². The van der Waals surface area contributed by atoms with Crippen LogP contribution in [-0.4, -0.2) is 34.8 Å². The van der Waals surface area contributed by atoms with Gasteiger partial charge in [0.2, 0.25) is 0 Å². The summed E-state index contributed by atoms with van der Waals surface area (Å²) in [6, 6.07) is 7.02. The maximum absolute atomic E-state index is 12.2. The zero-order chi connectivity index (χ0) is 12.3. The zero-order valence-corrected chi connectivity index (χ0v) is 10.0. The highest BCUT2D eigenvalue weighted by Crippen LogP contribution is 2.19. The van der Waals surface area contributed by atoms with Crippen molar-refractivity contribution in [2.45, 2.75) is 12.8 Å². The van der Waals surface area contributed by atoms with Gasteiger partial charge in [-0.05, 0) is 12.1 Å². The Labute approximate surface area is 104 Å². The van der Waals surface area contributed by atoms with Gasteiger partial charge in [-0.1, -0.05) is 28.9 Å². The van der Waals surface area contributed by atoms with E-state index in [1.165, 1.54) is 0 Å². The minimum atomic E-state index is -0.0624.